The van der Waals surface area contributed by atoms with E-state index in [4.69, 9.17) is 4.52 Å². The smallest absolute Gasteiger partial charge is 0.292 e. The molecule has 3 aromatic rings. The van der Waals surface area contributed by atoms with E-state index in [1.54, 1.807) is 6.92 Å². The molecule has 0 saturated carbocycles. The Morgan fingerprint density at radius 1 is 0.720 bits per heavy atom. The Labute approximate surface area is 149 Å². The zero-order chi connectivity index (χ0) is 17.7. The first-order valence-electron chi connectivity index (χ1n) is 8.10. The van der Waals surface area contributed by atoms with Crippen LogP contribution in [0.4, 0.5) is 0 Å². The summed E-state index contributed by atoms with van der Waals surface area (Å²) in [5.74, 6) is -0.370. The summed E-state index contributed by atoms with van der Waals surface area (Å²) in [7, 11) is -2.57. The van der Waals surface area contributed by atoms with Crippen molar-refractivity contribution in [1.29, 1.82) is 0 Å². The van der Waals surface area contributed by atoms with Crippen molar-refractivity contribution in [3.8, 4) is 0 Å². The summed E-state index contributed by atoms with van der Waals surface area (Å²) in [5.41, 5.74) is 0.396. The highest BCUT2D eigenvalue weighted by atomic mass is 31.2. The predicted octanol–water partition coefficient (Wildman–Crippen LogP) is 4.01. The Kier molecular flexibility index (Phi) is 5.11. The molecule has 0 saturated heterocycles. The highest BCUT2D eigenvalue weighted by Crippen LogP contribution is 2.56. The molecule has 0 bridgehead atoms. The van der Waals surface area contributed by atoms with Crippen LogP contribution in [0.5, 0.6) is 0 Å². The predicted molar refractivity (Wildman–Crippen MR) is 106 cm³/mol. The molecular weight excluding hydrogens is 327 g/mol. The Bertz CT molecular complexity index is 762. The van der Waals surface area contributed by atoms with Crippen LogP contribution in [0.25, 0.3) is 0 Å². The molecule has 0 N–H and O–H groups in total. The van der Waals surface area contributed by atoms with Gasteiger partial charge < -0.3 is 0 Å². The van der Waals surface area contributed by atoms with Gasteiger partial charge in [-0.3, -0.25) is 4.52 Å². The van der Waals surface area contributed by atoms with Crippen molar-refractivity contribution in [2.75, 3.05) is 0 Å². The summed E-state index contributed by atoms with van der Waals surface area (Å²) in [6, 6.07) is 29.9. The van der Waals surface area contributed by atoms with Crippen LogP contribution in [0.1, 0.15) is 6.92 Å². The number of hydrogen-bond donors (Lipinski definition) is 0. The van der Waals surface area contributed by atoms with Gasteiger partial charge in [0.25, 0.3) is 7.49 Å². The summed E-state index contributed by atoms with van der Waals surface area (Å²) in [5, 5.41) is 3.01. The average Bonchev–Trinajstić information content (AvgIpc) is 2.68. The minimum absolute atomic E-state index is 0.370. The summed E-state index contributed by atoms with van der Waals surface area (Å²) in [4.78, 5) is 12.6. The van der Waals surface area contributed by atoms with Gasteiger partial charge in [-0.1, -0.05) is 61.2 Å². The molecule has 0 unspecified atom stereocenters. The van der Waals surface area contributed by atoms with Gasteiger partial charge in [-0.25, -0.2) is 4.79 Å². The summed E-state index contributed by atoms with van der Waals surface area (Å²) >= 11 is 0. The van der Waals surface area contributed by atoms with Crippen LogP contribution in [0.3, 0.4) is 0 Å². The van der Waals surface area contributed by atoms with E-state index >= 15 is 0 Å². The summed E-state index contributed by atoms with van der Waals surface area (Å²) < 4.78 is 6.23. The third-order valence-electron chi connectivity index (χ3n) is 3.93. The van der Waals surface area contributed by atoms with E-state index in [1.807, 2.05) is 91.0 Å². The van der Waals surface area contributed by atoms with Crippen LogP contribution in [-0.4, -0.2) is 5.97 Å². The topological polar surface area (TPSA) is 26.3 Å². The van der Waals surface area contributed by atoms with Gasteiger partial charge in [-0.05, 0) is 43.3 Å². The second kappa shape index (κ2) is 7.46. The normalized spacial score (nSPS) is 10.9. The molecule has 3 aromatic carbocycles. The van der Waals surface area contributed by atoms with E-state index in [0.29, 0.717) is 5.57 Å². The van der Waals surface area contributed by atoms with Crippen molar-refractivity contribution in [3.63, 3.8) is 0 Å². The van der Waals surface area contributed by atoms with Crippen LogP contribution in [0.15, 0.2) is 103 Å². The average molecular weight is 347 g/mol. The maximum Gasteiger partial charge on any atom is 0.377 e. The van der Waals surface area contributed by atoms with Gasteiger partial charge in [0, 0.05) is 5.57 Å². The van der Waals surface area contributed by atoms with Crippen molar-refractivity contribution >= 4 is 29.4 Å². The Balaban J connectivity index is 2.31. The lowest BCUT2D eigenvalue weighted by Gasteiger charge is -2.25. The van der Waals surface area contributed by atoms with Gasteiger partial charge in [0.2, 0.25) is 0 Å². The Morgan fingerprint density at radius 3 is 1.32 bits per heavy atom. The van der Waals surface area contributed by atoms with Crippen molar-refractivity contribution in [3.05, 3.63) is 103 Å². The summed E-state index contributed by atoms with van der Waals surface area (Å²) in [6.45, 7) is 5.44. The highest BCUT2D eigenvalue weighted by molar-refractivity contribution is 7.92. The van der Waals surface area contributed by atoms with E-state index in [1.165, 1.54) is 0 Å². The third kappa shape index (κ3) is 3.40. The van der Waals surface area contributed by atoms with Gasteiger partial charge in [-0.2, -0.15) is 0 Å². The molecule has 0 heterocycles. The number of rotatable bonds is 5. The Morgan fingerprint density at radius 2 is 1.04 bits per heavy atom. The fraction of sp³-hybridized carbons (Fsp3) is 0.0455. The Hall–Kier alpha value is -2.70. The molecule has 0 amide bonds. The second-order valence-electron chi connectivity index (χ2n) is 5.77. The van der Waals surface area contributed by atoms with Crippen molar-refractivity contribution in [2.24, 2.45) is 0 Å². The molecule has 0 spiro atoms. The molecule has 0 radical (unpaired) electrons. The molecule has 0 aliphatic carbocycles. The van der Waals surface area contributed by atoms with E-state index in [0.717, 1.165) is 15.9 Å². The van der Waals surface area contributed by atoms with Crippen LogP contribution >= 0.6 is 7.49 Å². The zero-order valence-corrected chi connectivity index (χ0v) is 15.0. The van der Waals surface area contributed by atoms with E-state index in [2.05, 4.69) is 6.58 Å². The van der Waals surface area contributed by atoms with Crippen LogP contribution in [0.2, 0.25) is 0 Å². The first-order chi connectivity index (χ1) is 12.1. The van der Waals surface area contributed by atoms with Gasteiger partial charge >= 0.3 is 5.97 Å². The van der Waals surface area contributed by atoms with Gasteiger partial charge in [0.15, 0.2) is 0 Å². The lowest BCUT2D eigenvalue weighted by atomic mass is 10.4. The van der Waals surface area contributed by atoms with Gasteiger partial charge in [0.05, 0.1) is 0 Å². The maximum absolute atomic E-state index is 12.6. The molecule has 0 aliphatic rings. The quantitative estimate of drug-likeness (QED) is 0.515. The zero-order valence-electron chi connectivity index (χ0n) is 14.1. The highest BCUT2D eigenvalue weighted by Gasteiger charge is 2.51. The van der Waals surface area contributed by atoms with Crippen molar-refractivity contribution in [2.45, 2.75) is 6.92 Å². The second-order valence-corrected chi connectivity index (χ2v) is 8.73. The molecule has 0 fully saturated rings. The van der Waals surface area contributed by atoms with Gasteiger partial charge in [-0.15, -0.1) is 0 Å². The third-order valence-corrected chi connectivity index (χ3v) is 7.44. The van der Waals surface area contributed by atoms with E-state index < -0.39 is 7.49 Å². The monoisotopic (exact) mass is 347 g/mol. The maximum atomic E-state index is 12.6. The van der Waals surface area contributed by atoms with Crippen LogP contribution in [0, 0.1) is 0 Å². The van der Waals surface area contributed by atoms with Gasteiger partial charge in [0.1, 0.15) is 15.9 Å². The summed E-state index contributed by atoms with van der Waals surface area (Å²) in [6.07, 6.45) is 0. The fourth-order valence-corrected chi connectivity index (χ4v) is 6.11. The largest absolute Gasteiger partial charge is 0.377 e. The molecular formula is C22H20O2P+. The van der Waals surface area contributed by atoms with E-state index in [-0.39, 0.29) is 5.97 Å². The number of carbonyl (C=O) groups excluding carboxylic acids is 1. The molecule has 0 atom stereocenters. The van der Waals surface area contributed by atoms with Crippen molar-refractivity contribution < 1.29 is 9.32 Å². The SMILES string of the molecule is C=C(C)C(=O)O[P+](c1ccccc1)(c1ccccc1)c1ccccc1. The number of hydrogen-bond acceptors (Lipinski definition) is 2. The molecule has 2 nitrogen and oxygen atoms in total. The van der Waals surface area contributed by atoms with Crippen LogP contribution < -0.4 is 15.9 Å². The minimum Gasteiger partial charge on any atom is -0.292 e. The first kappa shape index (κ1) is 17.1. The molecule has 25 heavy (non-hydrogen) atoms. The molecule has 3 heteroatoms. The lowest BCUT2D eigenvalue weighted by Crippen LogP contribution is -2.34. The first-order valence-corrected chi connectivity index (χ1v) is 9.80. The minimum atomic E-state index is -2.57. The standard InChI is InChI=1S/C22H20O2P/c1-18(2)22(23)24-25(19-12-6-3-7-13-19,20-14-8-4-9-15-20)21-16-10-5-11-17-21/h3-17H,1H2,2H3/q+1. The molecule has 3 rings (SSSR count). The fourth-order valence-electron chi connectivity index (χ4n) is 2.72. The number of benzene rings is 3. The molecule has 0 aromatic heterocycles. The van der Waals surface area contributed by atoms with Crippen LogP contribution in [-0.2, 0) is 9.32 Å². The van der Waals surface area contributed by atoms with Crippen molar-refractivity contribution in [1.82, 2.24) is 0 Å². The lowest BCUT2D eigenvalue weighted by molar-refractivity contribution is -0.129. The molecule has 0 aliphatic heterocycles. The molecule has 124 valence electrons. The van der Waals surface area contributed by atoms with E-state index in [9.17, 15) is 4.79 Å². The number of carbonyl (C=O) groups is 1.